The molecule has 30 heavy (non-hydrogen) atoms. The van der Waals surface area contributed by atoms with Crippen LogP contribution >= 0.6 is 11.8 Å². The number of carbonyl (C=O) groups excluding carboxylic acids is 2. The summed E-state index contributed by atoms with van der Waals surface area (Å²) in [5.74, 6) is 0.293. The zero-order valence-electron chi connectivity index (χ0n) is 17.5. The lowest BCUT2D eigenvalue weighted by Gasteiger charge is -2.33. The molecule has 1 unspecified atom stereocenters. The van der Waals surface area contributed by atoms with Crippen LogP contribution in [0, 0.1) is 0 Å². The van der Waals surface area contributed by atoms with Crippen LogP contribution in [0.1, 0.15) is 66.8 Å². The monoisotopic (exact) mass is 428 g/mol. The molecule has 1 aromatic carbocycles. The lowest BCUT2D eigenvalue weighted by atomic mass is 9.89. The molecule has 1 aromatic heterocycles. The molecule has 1 amide bonds. The van der Waals surface area contributed by atoms with E-state index in [9.17, 15) is 9.59 Å². The van der Waals surface area contributed by atoms with Crippen molar-refractivity contribution in [1.82, 2.24) is 20.1 Å². The molecule has 1 fully saturated rings. The van der Waals surface area contributed by atoms with Gasteiger partial charge in [0.05, 0.1) is 5.56 Å². The Kier molecular flexibility index (Phi) is 6.13. The molecule has 4 rings (SSSR count). The molecular formula is C22H28N4O3S. The first-order valence-corrected chi connectivity index (χ1v) is 11.8. The third-order valence-corrected chi connectivity index (χ3v) is 6.68. The normalized spacial score (nSPS) is 21.3. The van der Waals surface area contributed by atoms with Gasteiger partial charge in [-0.15, -0.1) is 10.2 Å². The van der Waals surface area contributed by atoms with Gasteiger partial charge < -0.3 is 14.6 Å². The molecule has 1 saturated carbocycles. The van der Waals surface area contributed by atoms with Crippen LogP contribution in [0.15, 0.2) is 29.4 Å². The van der Waals surface area contributed by atoms with Gasteiger partial charge in [0.15, 0.2) is 10.8 Å². The summed E-state index contributed by atoms with van der Waals surface area (Å²) in [5.41, 5.74) is 0.209. The molecule has 7 nitrogen and oxygen atoms in total. The Morgan fingerprint density at radius 1 is 1.30 bits per heavy atom. The van der Waals surface area contributed by atoms with Crippen LogP contribution in [0.2, 0.25) is 0 Å². The fourth-order valence-corrected chi connectivity index (χ4v) is 5.01. The number of aryl methyl sites for hydroxylation is 1. The molecule has 160 valence electrons. The molecule has 1 aliphatic heterocycles. The van der Waals surface area contributed by atoms with Crippen molar-refractivity contribution in [3.8, 4) is 0 Å². The van der Waals surface area contributed by atoms with Crippen molar-refractivity contribution < 1.29 is 14.3 Å². The highest BCUT2D eigenvalue weighted by molar-refractivity contribution is 7.98. The molecule has 1 aliphatic carbocycles. The van der Waals surface area contributed by atoms with Crippen LogP contribution in [0.3, 0.4) is 0 Å². The summed E-state index contributed by atoms with van der Waals surface area (Å²) in [4.78, 5) is 25.1. The minimum atomic E-state index is -1.18. The van der Waals surface area contributed by atoms with Gasteiger partial charge in [0, 0.05) is 25.4 Å². The molecule has 8 heteroatoms. The summed E-state index contributed by atoms with van der Waals surface area (Å²) < 4.78 is 7.79. The van der Waals surface area contributed by atoms with E-state index in [1.165, 1.54) is 25.7 Å². The number of rotatable bonds is 7. The standard InChI is InChI=1S/C22H28N4O3S/c1-22(14-15-8-3-6-11-17(15)19(27)29-22)20(28)23-13-7-12-18-24-25-21(30-2)26(18)16-9-4-5-10-16/h3,6,8,11,16H,4-5,7,9-10,12-14H2,1-2H3,(H,23,28). The predicted octanol–water partition coefficient (Wildman–Crippen LogP) is 3.34. The van der Waals surface area contributed by atoms with E-state index in [1.807, 2.05) is 18.4 Å². The second-order valence-electron chi connectivity index (χ2n) is 8.22. The molecule has 0 spiro atoms. The molecule has 0 saturated heterocycles. The van der Waals surface area contributed by atoms with E-state index in [0.717, 1.165) is 29.4 Å². The first kappa shape index (κ1) is 20.9. The molecule has 1 N–H and O–H groups in total. The maximum Gasteiger partial charge on any atom is 0.339 e. The number of amides is 1. The van der Waals surface area contributed by atoms with E-state index in [4.69, 9.17) is 4.74 Å². The molecule has 2 heterocycles. The summed E-state index contributed by atoms with van der Waals surface area (Å²) in [6.45, 7) is 2.18. The second-order valence-corrected chi connectivity index (χ2v) is 9.00. The third kappa shape index (κ3) is 4.10. The molecule has 2 aliphatic rings. The summed E-state index contributed by atoms with van der Waals surface area (Å²) in [5, 5.41) is 12.7. The highest BCUT2D eigenvalue weighted by Crippen LogP contribution is 2.33. The summed E-state index contributed by atoms with van der Waals surface area (Å²) in [7, 11) is 0. The number of esters is 1. The predicted molar refractivity (Wildman–Crippen MR) is 115 cm³/mol. The van der Waals surface area contributed by atoms with Crippen molar-refractivity contribution in [3.63, 3.8) is 0 Å². The highest BCUT2D eigenvalue weighted by Gasteiger charge is 2.42. The van der Waals surface area contributed by atoms with E-state index in [1.54, 1.807) is 30.8 Å². The summed E-state index contributed by atoms with van der Waals surface area (Å²) in [6.07, 6.45) is 8.80. The quantitative estimate of drug-likeness (QED) is 0.414. The van der Waals surface area contributed by atoms with E-state index in [-0.39, 0.29) is 5.91 Å². The average Bonchev–Trinajstić information content (AvgIpc) is 3.40. The van der Waals surface area contributed by atoms with Gasteiger partial charge in [-0.3, -0.25) is 4.79 Å². The van der Waals surface area contributed by atoms with Gasteiger partial charge in [0.2, 0.25) is 0 Å². The van der Waals surface area contributed by atoms with Gasteiger partial charge in [0.25, 0.3) is 5.91 Å². The number of thioether (sulfide) groups is 1. The number of nitrogens with one attached hydrogen (secondary N) is 1. The lowest BCUT2D eigenvalue weighted by Crippen LogP contribution is -2.51. The second kappa shape index (κ2) is 8.79. The average molecular weight is 429 g/mol. The number of aromatic nitrogens is 3. The Morgan fingerprint density at radius 2 is 2.07 bits per heavy atom. The zero-order valence-corrected chi connectivity index (χ0v) is 18.3. The van der Waals surface area contributed by atoms with Crippen molar-refractivity contribution in [2.45, 2.75) is 68.7 Å². The third-order valence-electron chi connectivity index (χ3n) is 6.03. The lowest BCUT2D eigenvalue weighted by molar-refractivity contribution is -0.139. The number of hydrogen-bond acceptors (Lipinski definition) is 6. The number of ether oxygens (including phenoxy) is 1. The van der Waals surface area contributed by atoms with Gasteiger partial charge in [0.1, 0.15) is 5.82 Å². The molecule has 0 radical (unpaired) electrons. The molecule has 0 bridgehead atoms. The highest BCUT2D eigenvalue weighted by atomic mass is 32.2. The maximum atomic E-state index is 12.8. The van der Waals surface area contributed by atoms with Gasteiger partial charge >= 0.3 is 5.97 Å². The topological polar surface area (TPSA) is 86.1 Å². The fraction of sp³-hybridized carbons (Fsp3) is 0.545. The molecule has 1 atom stereocenters. The first-order chi connectivity index (χ1) is 14.5. The van der Waals surface area contributed by atoms with E-state index in [2.05, 4.69) is 20.1 Å². The zero-order chi connectivity index (χ0) is 21.1. The summed E-state index contributed by atoms with van der Waals surface area (Å²) in [6, 6.07) is 7.78. The van der Waals surface area contributed by atoms with E-state index in [0.29, 0.717) is 24.6 Å². The Hall–Kier alpha value is -2.35. The van der Waals surface area contributed by atoms with Crippen molar-refractivity contribution in [1.29, 1.82) is 0 Å². The Morgan fingerprint density at radius 3 is 2.83 bits per heavy atom. The number of nitrogens with zero attached hydrogens (tertiary/aromatic N) is 3. The largest absolute Gasteiger partial charge is 0.445 e. The number of carbonyl (C=O) groups is 2. The minimum Gasteiger partial charge on any atom is -0.445 e. The van der Waals surface area contributed by atoms with Gasteiger partial charge in [-0.25, -0.2) is 4.79 Å². The Balaban J connectivity index is 1.34. The van der Waals surface area contributed by atoms with Crippen molar-refractivity contribution in [2.75, 3.05) is 12.8 Å². The van der Waals surface area contributed by atoms with Crippen molar-refractivity contribution >= 4 is 23.6 Å². The number of benzene rings is 1. The first-order valence-electron chi connectivity index (χ1n) is 10.6. The van der Waals surface area contributed by atoms with Crippen LogP contribution in [-0.4, -0.2) is 45.0 Å². The van der Waals surface area contributed by atoms with E-state index >= 15 is 0 Å². The smallest absolute Gasteiger partial charge is 0.339 e. The van der Waals surface area contributed by atoms with Crippen molar-refractivity contribution in [3.05, 3.63) is 41.2 Å². The SMILES string of the molecule is CSc1nnc(CCCNC(=O)C2(C)Cc3ccccc3C(=O)O2)n1C1CCCC1. The Bertz CT molecular complexity index is 938. The van der Waals surface area contributed by atoms with Crippen molar-refractivity contribution in [2.24, 2.45) is 0 Å². The van der Waals surface area contributed by atoms with Crippen LogP contribution < -0.4 is 5.32 Å². The number of cyclic esters (lactones) is 1. The van der Waals surface area contributed by atoms with Gasteiger partial charge in [-0.1, -0.05) is 42.8 Å². The van der Waals surface area contributed by atoms with Crippen LogP contribution in [0.4, 0.5) is 0 Å². The summed E-state index contributed by atoms with van der Waals surface area (Å²) >= 11 is 1.63. The number of hydrogen-bond donors (Lipinski definition) is 1. The molecule has 2 aromatic rings. The van der Waals surface area contributed by atoms with Crippen LogP contribution in [-0.2, 0) is 22.4 Å². The fourth-order valence-electron chi connectivity index (χ4n) is 4.44. The Labute approximate surface area is 181 Å². The minimum absolute atomic E-state index is 0.257. The maximum absolute atomic E-state index is 12.8. The van der Waals surface area contributed by atoms with Crippen LogP contribution in [0.25, 0.3) is 0 Å². The van der Waals surface area contributed by atoms with Gasteiger partial charge in [-0.05, 0) is 44.1 Å². The van der Waals surface area contributed by atoms with Crippen LogP contribution in [0.5, 0.6) is 0 Å². The van der Waals surface area contributed by atoms with Gasteiger partial charge in [-0.2, -0.15) is 0 Å². The number of fused-ring (bicyclic) bond motifs is 1. The molecular weight excluding hydrogens is 400 g/mol. The van der Waals surface area contributed by atoms with E-state index < -0.39 is 11.6 Å².